The lowest BCUT2D eigenvalue weighted by Gasteiger charge is -2.23. The lowest BCUT2D eigenvalue weighted by Crippen LogP contribution is -3.11. The van der Waals surface area contributed by atoms with Gasteiger partial charge in [0.05, 0.1) is 25.9 Å². The van der Waals surface area contributed by atoms with Gasteiger partial charge in [-0.2, -0.15) is 0 Å². The van der Waals surface area contributed by atoms with Crippen LogP contribution in [0.25, 0.3) is 17.0 Å². The van der Waals surface area contributed by atoms with Gasteiger partial charge < -0.3 is 33.5 Å². The van der Waals surface area contributed by atoms with E-state index in [2.05, 4.69) is 0 Å². The number of rotatable bonds is 10. The van der Waals surface area contributed by atoms with E-state index in [9.17, 15) is 9.90 Å². The zero-order valence-electron chi connectivity index (χ0n) is 20.0. The molecule has 0 amide bonds. The van der Waals surface area contributed by atoms with Crippen LogP contribution in [0.2, 0.25) is 0 Å². The monoisotopic (exact) mass is 466 g/mol. The summed E-state index contributed by atoms with van der Waals surface area (Å²) in [5.74, 6) is 0.914. The number of aromatic nitrogens is 1. The number of quaternary nitrogens is 1. The largest absolute Gasteiger partial charge is 0.872 e. The molecule has 3 aromatic rings. The molecular weight excluding hydrogens is 436 g/mol. The summed E-state index contributed by atoms with van der Waals surface area (Å²) in [7, 11) is 6.86. The Bertz CT molecular complexity index is 1220. The molecule has 180 valence electrons. The zero-order chi connectivity index (χ0) is 24.2. The SMILES string of the molecule is COCC[NH+](CCOC)Cc1c([O-])ccc2c1OC(=Cc1cn(C)c3ccc(OC)cc13)C2=O. The molecule has 0 saturated heterocycles. The summed E-state index contributed by atoms with van der Waals surface area (Å²) in [4.78, 5) is 14.3. The van der Waals surface area contributed by atoms with Crippen LogP contribution < -0.4 is 19.5 Å². The van der Waals surface area contributed by atoms with Crippen molar-refractivity contribution in [3.8, 4) is 17.2 Å². The Morgan fingerprint density at radius 3 is 2.50 bits per heavy atom. The number of hydrogen-bond donors (Lipinski definition) is 1. The number of ketones is 1. The van der Waals surface area contributed by atoms with Crippen LogP contribution in [-0.2, 0) is 23.1 Å². The van der Waals surface area contributed by atoms with Gasteiger partial charge >= 0.3 is 0 Å². The van der Waals surface area contributed by atoms with E-state index >= 15 is 0 Å². The molecule has 0 aliphatic carbocycles. The number of carbonyl (C=O) groups excluding carboxylic acids is 1. The number of allylic oxidation sites excluding steroid dienone is 1. The third-order valence-electron chi connectivity index (χ3n) is 6.16. The number of nitrogens with zero attached hydrogens (tertiary/aromatic N) is 1. The fourth-order valence-corrected chi connectivity index (χ4v) is 4.29. The van der Waals surface area contributed by atoms with Gasteiger partial charge in [-0.25, -0.2) is 0 Å². The number of carbonyl (C=O) groups is 1. The van der Waals surface area contributed by atoms with Crippen LogP contribution in [0, 0.1) is 0 Å². The maximum absolute atomic E-state index is 13.2. The second kappa shape index (κ2) is 10.3. The summed E-state index contributed by atoms with van der Waals surface area (Å²) in [6.07, 6.45) is 3.68. The van der Waals surface area contributed by atoms with Crippen LogP contribution in [0.1, 0.15) is 21.5 Å². The van der Waals surface area contributed by atoms with Gasteiger partial charge in [0.25, 0.3) is 0 Å². The van der Waals surface area contributed by atoms with E-state index in [0.29, 0.717) is 49.7 Å². The number of fused-ring (bicyclic) bond motifs is 2. The minimum Gasteiger partial charge on any atom is -0.872 e. The van der Waals surface area contributed by atoms with Crippen molar-refractivity contribution in [2.24, 2.45) is 7.05 Å². The van der Waals surface area contributed by atoms with Crippen molar-refractivity contribution in [1.29, 1.82) is 0 Å². The van der Waals surface area contributed by atoms with Gasteiger partial charge in [0.15, 0.2) is 5.76 Å². The number of aryl methyl sites for hydroxylation is 1. The topological polar surface area (TPSA) is 86.4 Å². The van der Waals surface area contributed by atoms with E-state index in [0.717, 1.165) is 27.1 Å². The molecular formula is C26H30N2O6. The lowest BCUT2D eigenvalue weighted by atomic mass is 10.0. The fraction of sp³-hybridized carbons (Fsp3) is 0.346. The average Bonchev–Trinajstić information content (AvgIpc) is 3.33. The summed E-state index contributed by atoms with van der Waals surface area (Å²) >= 11 is 0. The zero-order valence-corrected chi connectivity index (χ0v) is 20.0. The average molecular weight is 467 g/mol. The van der Waals surface area contributed by atoms with Gasteiger partial charge in [0, 0.05) is 49.5 Å². The Kier molecular flexibility index (Phi) is 7.21. The molecule has 8 nitrogen and oxygen atoms in total. The molecule has 0 radical (unpaired) electrons. The Morgan fingerprint density at radius 1 is 1.09 bits per heavy atom. The Labute approximate surface area is 198 Å². The molecule has 0 fully saturated rings. The minimum atomic E-state index is -0.230. The molecule has 2 heterocycles. The first kappa shape index (κ1) is 23.8. The van der Waals surface area contributed by atoms with Crippen molar-refractivity contribution in [2.75, 3.05) is 47.6 Å². The van der Waals surface area contributed by atoms with Gasteiger partial charge in [0.1, 0.15) is 31.1 Å². The maximum atomic E-state index is 13.2. The summed E-state index contributed by atoms with van der Waals surface area (Å²) in [5, 5.41) is 13.7. The first-order valence-electron chi connectivity index (χ1n) is 11.2. The van der Waals surface area contributed by atoms with Crippen molar-refractivity contribution in [3.05, 3.63) is 59.0 Å². The summed E-state index contributed by atoms with van der Waals surface area (Å²) < 4.78 is 23.9. The number of methoxy groups -OCH3 is 3. The van der Waals surface area contributed by atoms with Crippen LogP contribution >= 0.6 is 0 Å². The van der Waals surface area contributed by atoms with E-state index in [-0.39, 0.29) is 17.3 Å². The van der Waals surface area contributed by atoms with E-state index in [1.165, 1.54) is 6.07 Å². The van der Waals surface area contributed by atoms with Gasteiger partial charge in [0.2, 0.25) is 5.78 Å². The Hall–Kier alpha value is -3.33. The third kappa shape index (κ3) is 4.65. The quantitative estimate of drug-likeness (QED) is 0.457. The highest BCUT2D eigenvalue weighted by Gasteiger charge is 2.31. The predicted molar refractivity (Wildman–Crippen MR) is 126 cm³/mol. The minimum absolute atomic E-state index is 0.143. The second-order valence-electron chi connectivity index (χ2n) is 8.35. The summed E-state index contributed by atoms with van der Waals surface area (Å²) in [5.41, 5.74) is 2.75. The van der Waals surface area contributed by atoms with Crippen molar-refractivity contribution in [2.45, 2.75) is 6.54 Å². The third-order valence-corrected chi connectivity index (χ3v) is 6.16. The molecule has 0 bridgehead atoms. The van der Waals surface area contributed by atoms with Gasteiger partial charge in [-0.05, 0) is 30.3 Å². The molecule has 0 spiro atoms. The molecule has 1 N–H and O–H groups in total. The number of ether oxygens (including phenoxy) is 4. The number of Topliss-reactive ketones (excluding diaryl/α,β-unsaturated/α-hetero) is 1. The van der Waals surface area contributed by atoms with Crippen molar-refractivity contribution < 1.29 is 33.7 Å². The van der Waals surface area contributed by atoms with Crippen molar-refractivity contribution in [3.63, 3.8) is 0 Å². The van der Waals surface area contributed by atoms with Gasteiger partial charge in [-0.1, -0.05) is 11.8 Å². The van der Waals surface area contributed by atoms with Crippen LogP contribution in [0.5, 0.6) is 17.2 Å². The molecule has 4 rings (SSSR count). The Morgan fingerprint density at radius 2 is 1.82 bits per heavy atom. The lowest BCUT2D eigenvalue weighted by molar-refractivity contribution is -0.914. The standard InChI is InChI=1S/C26H30N2O6/c1-27-15-17(20-14-18(33-4)5-7-22(20)27)13-24-25(30)19-6-8-23(29)21(26(19)34-24)16-28(9-11-31-2)10-12-32-3/h5-8,13-15,29H,9-12,16H2,1-4H3. The molecule has 1 aromatic heterocycles. The molecule has 1 aliphatic heterocycles. The van der Waals surface area contributed by atoms with Crippen LogP contribution in [0.3, 0.4) is 0 Å². The summed E-state index contributed by atoms with van der Waals surface area (Å²) in [6, 6.07) is 8.81. The maximum Gasteiger partial charge on any atom is 0.231 e. The normalized spacial score (nSPS) is 14.3. The first-order valence-corrected chi connectivity index (χ1v) is 11.2. The number of nitrogens with one attached hydrogen (secondary N) is 1. The number of benzene rings is 2. The number of hydrogen-bond acceptors (Lipinski definition) is 6. The van der Waals surface area contributed by atoms with Gasteiger partial charge in [-0.3, -0.25) is 4.79 Å². The van der Waals surface area contributed by atoms with E-state index in [4.69, 9.17) is 18.9 Å². The van der Waals surface area contributed by atoms with E-state index < -0.39 is 0 Å². The molecule has 34 heavy (non-hydrogen) atoms. The van der Waals surface area contributed by atoms with Crippen LogP contribution in [0.4, 0.5) is 0 Å². The van der Waals surface area contributed by atoms with Crippen LogP contribution in [0.15, 0.2) is 42.3 Å². The Balaban J connectivity index is 1.68. The molecule has 2 aromatic carbocycles. The second-order valence-corrected chi connectivity index (χ2v) is 8.35. The highest BCUT2D eigenvalue weighted by Crippen LogP contribution is 2.39. The molecule has 8 heteroatoms. The smallest absolute Gasteiger partial charge is 0.231 e. The van der Waals surface area contributed by atoms with Crippen molar-refractivity contribution >= 4 is 22.8 Å². The first-order chi connectivity index (χ1) is 16.5. The predicted octanol–water partition coefficient (Wildman–Crippen LogP) is 1.55. The van der Waals surface area contributed by atoms with E-state index in [1.807, 2.05) is 36.0 Å². The fourth-order valence-electron chi connectivity index (χ4n) is 4.29. The van der Waals surface area contributed by atoms with Gasteiger partial charge in [-0.15, -0.1) is 0 Å². The van der Waals surface area contributed by atoms with Crippen molar-refractivity contribution in [1.82, 2.24) is 4.57 Å². The van der Waals surface area contributed by atoms with Crippen LogP contribution in [-0.4, -0.2) is 58.0 Å². The molecule has 0 atom stereocenters. The molecule has 0 saturated carbocycles. The summed E-state index contributed by atoms with van der Waals surface area (Å²) in [6.45, 7) is 2.94. The van der Waals surface area contributed by atoms with E-state index in [1.54, 1.807) is 33.5 Å². The highest BCUT2D eigenvalue weighted by atomic mass is 16.5. The highest BCUT2D eigenvalue weighted by molar-refractivity contribution is 6.15. The molecule has 1 aliphatic rings. The molecule has 0 unspecified atom stereocenters.